The van der Waals surface area contributed by atoms with Crippen molar-refractivity contribution in [2.45, 2.75) is 134 Å². The van der Waals surface area contributed by atoms with Crippen molar-refractivity contribution in [2.24, 2.45) is 0 Å². The summed E-state index contributed by atoms with van der Waals surface area (Å²) in [5.74, 6) is -2.34. The van der Waals surface area contributed by atoms with Crippen molar-refractivity contribution in [1.82, 2.24) is 0 Å². The standard InChI is InChI=1S/C22H42O6/c1-3-4-5-6-7-8-9-10-11-12-13-14-15-18(23)16-22(27)21(26)20(25)19(24)17(2)28-22/h17,19-21,24-27H,3-16H2,1-2H3/t17-,19+,20+,21-,22+/m0/s1. The normalized spacial score (nSPS) is 30.5. The van der Waals surface area contributed by atoms with E-state index in [1.807, 2.05) is 0 Å². The third kappa shape index (κ3) is 8.87. The molecule has 0 aromatic rings. The lowest BCUT2D eigenvalue weighted by atomic mass is 9.89. The summed E-state index contributed by atoms with van der Waals surface area (Å²) in [5, 5.41) is 39.8. The maximum Gasteiger partial charge on any atom is 0.202 e. The Labute approximate surface area is 170 Å². The Balaban J connectivity index is 2.08. The Morgan fingerprint density at radius 2 is 1.29 bits per heavy atom. The average molecular weight is 403 g/mol. The van der Waals surface area contributed by atoms with Crippen LogP contribution in [0.2, 0.25) is 0 Å². The van der Waals surface area contributed by atoms with Crippen molar-refractivity contribution in [3.05, 3.63) is 0 Å². The minimum absolute atomic E-state index is 0.204. The molecule has 1 saturated heterocycles. The highest BCUT2D eigenvalue weighted by Crippen LogP contribution is 2.31. The summed E-state index contributed by atoms with van der Waals surface area (Å²) in [6, 6.07) is 0. The molecule has 4 N–H and O–H groups in total. The molecule has 6 heteroatoms. The molecule has 1 aliphatic rings. The summed E-state index contributed by atoms with van der Waals surface area (Å²) in [5.41, 5.74) is 0. The molecule has 5 atom stereocenters. The van der Waals surface area contributed by atoms with Crippen LogP contribution in [0.5, 0.6) is 0 Å². The van der Waals surface area contributed by atoms with E-state index in [2.05, 4.69) is 6.92 Å². The highest BCUT2D eigenvalue weighted by molar-refractivity contribution is 5.79. The van der Waals surface area contributed by atoms with Crippen LogP contribution in [-0.4, -0.2) is 56.4 Å². The van der Waals surface area contributed by atoms with Crippen molar-refractivity contribution in [1.29, 1.82) is 0 Å². The van der Waals surface area contributed by atoms with E-state index in [0.717, 1.165) is 19.3 Å². The summed E-state index contributed by atoms with van der Waals surface area (Å²) in [6.07, 6.45) is 9.15. The van der Waals surface area contributed by atoms with Gasteiger partial charge in [0.15, 0.2) is 0 Å². The Kier molecular flexibility index (Phi) is 12.4. The van der Waals surface area contributed by atoms with Crippen LogP contribution in [-0.2, 0) is 9.53 Å². The number of aliphatic hydroxyl groups excluding tert-OH is 3. The number of ketones is 1. The van der Waals surface area contributed by atoms with Crippen LogP contribution in [0.4, 0.5) is 0 Å². The Bertz CT molecular complexity index is 429. The van der Waals surface area contributed by atoms with Gasteiger partial charge in [-0.1, -0.05) is 77.6 Å². The largest absolute Gasteiger partial charge is 0.388 e. The zero-order valence-electron chi connectivity index (χ0n) is 17.8. The summed E-state index contributed by atoms with van der Waals surface area (Å²) < 4.78 is 5.23. The van der Waals surface area contributed by atoms with Gasteiger partial charge in [0, 0.05) is 6.42 Å². The quantitative estimate of drug-likeness (QED) is 0.313. The molecule has 28 heavy (non-hydrogen) atoms. The first-order valence-electron chi connectivity index (χ1n) is 11.3. The minimum Gasteiger partial charge on any atom is -0.388 e. The van der Waals surface area contributed by atoms with Crippen LogP contribution in [0.15, 0.2) is 0 Å². The number of carbonyl (C=O) groups is 1. The molecule has 6 nitrogen and oxygen atoms in total. The first-order valence-corrected chi connectivity index (χ1v) is 11.3. The fourth-order valence-corrected chi connectivity index (χ4v) is 3.87. The second-order valence-corrected chi connectivity index (χ2v) is 8.45. The van der Waals surface area contributed by atoms with E-state index in [1.165, 1.54) is 64.7 Å². The van der Waals surface area contributed by atoms with Crippen LogP contribution in [0.25, 0.3) is 0 Å². The number of carbonyl (C=O) groups excluding carboxylic acids is 1. The van der Waals surface area contributed by atoms with Crippen molar-refractivity contribution >= 4 is 5.78 Å². The molecule has 0 aromatic heterocycles. The van der Waals surface area contributed by atoms with E-state index in [-0.39, 0.29) is 12.2 Å². The van der Waals surface area contributed by atoms with Gasteiger partial charge >= 0.3 is 0 Å². The van der Waals surface area contributed by atoms with E-state index < -0.39 is 30.2 Å². The number of unbranched alkanes of at least 4 members (excludes halogenated alkanes) is 11. The predicted octanol–water partition coefficient (Wildman–Crippen LogP) is 3.23. The maximum absolute atomic E-state index is 12.1. The van der Waals surface area contributed by atoms with Crippen LogP contribution in [0.1, 0.15) is 104 Å². The van der Waals surface area contributed by atoms with Crippen LogP contribution >= 0.6 is 0 Å². The number of aliphatic hydroxyl groups is 4. The first-order chi connectivity index (χ1) is 13.3. The molecule has 1 heterocycles. The molecule has 0 bridgehead atoms. The first kappa shape index (κ1) is 25.5. The van der Waals surface area contributed by atoms with Gasteiger partial charge < -0.3 is 25.2 Å². The van der Waals surface area contributed by atoms with E-state index >= 15 is 0 Å². The van der Waals surface area contributed by atoms with E-state index in [4.69, 9.17) is 4.74 Å². The molecule has 0 spiro atoms. The lowest BCUT2D eigenvalue weighted by molar-refractivity contribution is -0.341. The van der Waals surface area contributed by atoms with Gasteiger partial charge in [0.1, 0.15) is 24.1 Å². The molecule has 1 aliphatic heterocycles. The van der Waals surface area contributed by atoms with Gasteiger partial charge in [-0.15, -0.1) is 0 Å². The number of rotatable bonds is 15. The van der Waals surface area contributed by atoms with Crippen LogP contribution < -0.4 is 0 Å². The molecular formula is C22H42O6. The lowest BCUT2D eigenvalue weighted by Gasteiger charge is -2.44. The third-order valence-electron chi connectivity index (χ3n) is 5.77. The fourth-order valence-electron chi connectivity index (χ4n) is 3.87. The molecule has 0 amide bonds. The summed E-state index contributed by atoms with van der Waals surface area (Å²) >= 11 is 0. The van der Waals surface area contributed by atoms with E-state index in [0.29, 0.717) is 6.42 Å². The molecule has 0 saturated carbocycles. The number of hydrogen-bond donors (Lipinski definition) is 4. The topological polar surface area (TPSA) is 107 Å². The molecule has 1 fully saturated rings. The second kappa shape index (κ2) is 13.6. The van der Waals surface area contributed by atoms with Crippen molar-refractivity contribution < 1.29 is 30.0 Å². The molecule has 0 aliphatic carbocycles. The molecule has 166 valence electrons. The number of hydrogen-bond acceptors (Lipinski definition) is 6. The lowest BCUT2D eigenvalue weighted by Crippen LogP contribution is -2.64. The molecule has 0 unspecified atom stereocenters. The molecule has 0 aromatic carbocycles. The van der Waals surface area contributed by atoms with E-state index in [9.17, 15) is 25.2 Å². The Morgan fingerprint density at radius 3 is 1.79 bits per heavy atom. The SMILES string of the molecule is CCCCCCCCCCCCCCC(=O)C[C@@]1(O)O[C@@H](C)[C@@H](O)[C@@H](O)[C@@H]1O. The summed E-state index contributed by atoms with van der Waals surface area (Å²) in [4.78, 5) is 12.1. The highest BCUT2D eigenvalue weighted by Gasteiger charge is 2.52. The highest BCUT2D eigenvalue weighted by atomic mass is 16.7. The van der Waals surface area contributed by atoms with Gasteiger partial charge in [-0.05, 0) is 13.3 Å². The van der Waals surface area contributed by atoms with Crippen LogP contribution in [0.3, 0.4) is 0 Å². The Morgan fingerprint density at radius 1 is 0.821 bits per heavy atom. The molecular weight excluding hydrogens is 360 g/mol. The molecule has 1 rings (SSSR count). The summed E-state index contributed by atoms with van der Waals surface area (Å²) in [6.45, 7) is 3.72. The zero-order valence-corrected chi connectivity index (χ0v) is 17.8. The van der Waals surface area contributed by atoms with Gasteiger partial charge in [-0.3, -0.25) is 4.79 Å². The zero-order chi connectivity index (χ0) is 21.0. The van der Waals surface area contributed by atoms with Crippen molar-refractivity contribution in [2.75, 3.05) is 0 Å². The number of ether oxygens (including phenoxy) is 1. The van der Waals surface area contributed by atoms with Gasteiger partial charge in [0.05, 0.1) is 12.5 Å². The van der Waals surface area contributed by atoms with Gasteiger partial charge in [0.2, 0.25) is 5.79 Å². The van der Waals surface area contributed by atoms with Gasteiger partial charge in [-0.2, -0.15) is 0 Å². The fraction of sp³-hybridized carbons (Fsp3) is 0.955. The second-order valence-electron chi connectivity index (χ2n) is 8.45. The average Bonchev–Trinajstić information content (AvgIpc) is 2.65. The van der Waals surface area contributed by atoms with Crippen molar-refractivity contribution in [3.8, 4) is 0 Å². The number of Topliss-reactive ketones (excluding diaryl/α,β-unsaturated/α-hetero) is 1. The maximum atomic E-state index is 12.1. The van der Waals surface area contributed by atoms with Gasteiger partial charge in [0.25, 0.3) is 0 Å². The predicted molar refractivity (Wildman–Crippen MR) is 109 cm³/mol. The summed E-state index contributed by atoms with van der Waals surface area (Å²) in [7, 11) is 0. The Hall–Kier alpha value is -0.530. The molecule has 0 radical (unpaired) electrons. The van der Waals surface area contributed by atoms with Gasteiger partial charge in [-0.25, -0.2) is 0 Å². The van der Waals surface area contributed by atoms with E-state index in [1.54, 1.807) is 0 Å². The van der Waals surface area contributed by atoms with Crippen molar-refractivity contribution in [3.63, 3.8) is 0 Å². The smallest absolute Gasteiger partial charge is 0.202 e. The monoisotopic (exact) mass is 402 g/mol. The van der Waals surface area contributed by atoms with Crippen LogP contribution in [0, 0.1) is 0 Å². The third-order valence-corrected chi connectivity index (χ3v) is 5.77. The minimum atomic E-state index is -2.13.